The molecule has 0 radical (unpaired) electrons. The molecule has 3 aromatic rings. The van der Waals surface area contributed by atoms with Crippen molar-refractivity contribution in [1.29, 1.82) is 0 Å². The second kappa shape index (κ2) is 20.0. The molecule has 334 valence electrons. The van der Waals surface area contributed by atoms with Crippen molar-refractivity contribution < 1.29 is 29.6 Å². The first-order chi connectivity index (χ1) is 28.4. The molecule has 12 nitrogen and oxygen atoms in total. The number of esters is 1. The summed E-state index contributed by atoms with van der Waals surface area (Å²) in [5.41, 5.74) is 20.4. The van der Waals surface area contributed by atoms with Gasteiger partial charge in [0, 0.05) is 81.9 Å². The van der Waals surface area contributed by atoms with Crippen LogP contribution in [0.1, 0.15) is 117 Å². The molecule has 0 aromatic carbocycles. The Morgan fingerprint density at radius 3 is 2.34 bits per heavy atom. The lowest BCUT2D eigenvalue weighted by atomic mass is 9.86. The molecule has 0 saturated carbocycles. The number of fused-ring (bicyclic) bond motifs is 8. The molecule has 6 rings (SSSR count). The summed E-state index contributed by atoms with van der Waals surface area (Å²) >= 11 is 0. The maximum atomic E-state index is 13.8. The van der Waals surface area contributed by atoms with E-state index in [1.165, 1.54) is 11.1 Å². The topological polar surface area (TPSA) is 191 Å². The molecule has 0 aliphatic carbocycles. The third-order valence-corrected chi connectivity index (χ3v) is 16.3. The van der Waals surface area contributed by atoms with Crippen LogP contribution in [-0.2, 0) is 14.3 Å². The van der Waals surface area contributed by atoms with Gasteiger partial charge in [0.15, 0.2) is 0 Å². The fraction of sp³-hybridized carbons (Fsp3) is 0.532. The number of halogens is 1. The Hall–Kier alpha value is -3.98. The van der Waals surface area contributed by atoms with Crippen LogP contribution in [0, 0.1) is 26.7 Å². The Kier molecular flexibility index (Phi) is 15.8. The van der Waals surface area contributed by atoms with Crippen molar-refractivity contribution >= 4 is 74.5 Å². The number of hydrogen-bond acceptors (Lipinski definition) is 9. The number of carbonyl (C=O) groups is 2. The van der Waals surface area contributed by atoms with Gasteiger partial charge in [0.25, 0.3) is 0 Å². The zero-order chi connectivity index (χ0) is 43.7. The minimum atomic E-state index is -1.32. The van der Waals surface area contributed by atoms with Gasteiger partial charge in [0.2, 0.25) is 5.91 Å². The van der Waals surface area contributed by atoms with E-state index in [-0.39, 0.29) is 42.7 Å². The zero-order valence-corrected chi connectivity index (χ0v) is 38.9. The highest BCUT2D eigenvalue weighted by Gasteiger charge is 2.42. The van der Waals surface area contributed by atoms with Crippen molar-refractivity contribution in [3.8, 4) is 0 Å². The van der Waals surface area contributed by atoms with Crippen LogP contribution >= 0.6 is 23.3 Å². The first-order valence-corrected chi connectivity index (χ1v) is 23.2. The van der Waals surface area contributed by atoms with E-state index in [4.69, 9.17) is 20.4 Å². The molecule has 1 fully saturated rings. The van der Waals surface area contributed by atoms with Crippen LogP contribution in [0.3, 0.4) is 0 Å². The maximum Gasteiger partial charge on any atom is 0.323 e. The van der Waals surface area contributed by atoms with Crippen molar-refractivity contribution in [2.45, 2.75) is 123 Å². The van der Waals surface area contributed by atoms with Crippen LogP contribution in [0.25, 0.3) is 39.3 Å². The number of hydrogen-bond donors (Lipinski definition) is 7. The van der Waals surface area contributed by atoms with Gasteiger partial charge in [-0.2, -0.15) is 0 Å². The van der Waals surface area contributed by atoms with E-state index in [1.807, 2.05) is 27.0 Å². The van der Waals surface area contributed by atoms with E-state index in [0.29, 0.717) is 37.3 Å². The van der Waals surface area contributed by atoms with E-state index in [9.17, 15) is 24.9 Å². The quantitative estimate of drug-likeness (QED) is 0.0691. The fourth-order valence-corrected chi connectivity index (χ4v) is 11.9. The molecular formula is C47H67ClN6O6S. The molecule has 8 bridgehead atoms. The number of aromatic amines is 2. The number of aryl methyl sites for hydroxylation is 3. The summed E-state index contributed by atoms with van der Waals surface area (Å²) in [6.45, 7) is 21.1. The molecule has 1 amide bonds. The SMILES string of the molecule is C=Cc1c(C)c2cc3nc(c(C)c4cc(C)c(cc5nc(cc1[nH]2)C(C)=C5CC)[nH]4)[C@@H](CCC(=O)N(C)CCC[SH]1C[C@H](O)[C@H](O)[C@H](O)[C@H]1COC(=O)[C@@H](N)C(C)C)[C@@H]3C.Cl. The van der Waals surface area contributed by atoms with Gasteiger partial charge in [-0.05, 0) is 111 Å². The van der Waals surface area contributed by atoms with Gasteiger partial charge in [-0.3, -0.25) is 14.6 Å². The maximum absolute atomic E-state index is 13.8. The van der Waals surface area contributed by atoms with Crippen molar-refractivity contribution in [2.75, 3.05) is 31.7 Å². The number of amides is 1. The molecule has 3 aliphatic heterocycles. The summed E-state index contributed by atoms with van der Waals surface area (Å²) in [6.07, 6.45) is 0.745. The molecular weight excluding hydrogens is 812 g/mol. The van der Waals surface area contributed by atoms with Crippen LogP contribution in [0.15, 0.2) is 30.8 Å². The van der Waals surface area contributed by atoms with Gasteiger partial charge in [-0.25, -0.2) is 15.9 Å². The van der Waals surface area contributed by atoms with E-state index in [2.05, 4.69) is 82.4 Å². The third-order valence-electron chi connectivity index (χ3n) is 13.1. The number of nitrogens with zero attached hydrogens (tertiary/aromatic N) is 3. The molecule has 14 heteroatoms. The predicted octanol–water partition coefficient (Wildman–Crippen LogP) is 7.15. The number of thiol groups is 1. The fourth-order valence-electron chi connectivity index (χ4n) is 8.93. The average Bonchev–Trinajstić information content (AvgIpc) is 3.92. The minimum Gasteiger partial charge on any atom is -0.463 e. The van der Waals surface area contributed by atoms with Gasteiger partial charge in [0.05, 0.1) is 23.6 Å². The number of nitrogens with one attached hydrogen (secondary N) is 2. The van der Waals surface area contributed by atoms with E-state index < -0.39 is 46.5 Å². The lowest BCUT2D eigenvalue weighted by Crippen LogP contribution is -2.53. The summed E-state index contributed by atoms with van der Waals surface area (Å²) < 4.78 is 5.50. The highest BCUT2D eigenvalue weighted by molar-refractivity contribution is 8.17. The molecule has 8 atom stereocenters. The molecule has 3 aliphatic rings. The van der Waals surface area contributed by atoms with Gasteiger partial charge in [0.1, 0.15) is 18.8 Å². The molecule has 7 N–H and O–H groups in total. The van der Waals surface area contributed by atoms with Gasteiger partial charge >= 0.3 is 5.97 Å². The predicted molar refractivity (Wildman–Crippen MR) is 252 cm³/mol. The lowest BCUT2D eigenvalue weighted by Gasteiger charge is -2.43. The number of aliphatic hydroxyl groups is 3. The number of allylic oxidation sites excluding steroid dienone is 2. The summed E-state index contributed by atoms with van der Waals surface area (Å²) in [5.74, 6) is 0.373. The first-order valence-electron chi connectivity index (χ1n) is 21.4. The third kappa shape index (κ3) is 9.97. The van der Waals surface area contributed by atoms with Crippen molar-refractivity contribution in [1.82, 2.24) is 24.8 Å². The zero-order valence-electron chi connectivity index (χ0n) is 37.2. The molecule has 0 spiro atoms. The number of aliphatic hydroxyl groups excluding tert-OH is 3. The van der Waals surface area contributed by atoms with Crippen molar-refractivity contribution in [3.05, 3.63) is 75.9 Å². The highest BCUT2D eigenvalue weighted by atomic mass is 35.5. The van der Waals surface area contributed by atoms with E-state index in [0.717, 1.165) is 73.5 Å². The number of H-pyrrole nitrogens is 2. The molecule has 3 aromatic heterocycles. The number of carbonyl (C=O) groups excluding carboxylic acids is 2. The Morgan fingerprint density at radius 2 is 1.67 bits per heavy atom. The minimum absolute atomic E-state index is 0. The Balaban J connectivity index is 0.00000704. The van der Waals surface area contributed by atoms with Gasteiger partial charge in [-0.1, -0.05) is 40.3 Å². The molecule has 6 heterocycles. The van der Waals surface area contributed by atoms with Crippen LogP contribution in [0.4, 0.5) is 0 Å². The van der Waals surface area contributed by atoms with Crippen LogP contribution in [0.5, 0.6) is 0 Å². The standard InChI is InChI=1S/C47H66N6O6S.ClH/c1-11-30-27(7)36-21-39-31(12-2)26(6)35(50-39)20-37-28(8)32(44(52-37)29(9)34-18-25(5)33(49-34)19-38(30)51-36)14-15-42(55)53(10)16-13-17-60-23-40(54)45(56)46(57)41(60)22-59-47(58)43(48)24(3)4;/h12,18-21,24,28,32,40-41,43,45-46,49-50,54,56-57,60H,2,11,13-17,22-23,48H2,1,3-10H3;1H/t28-,32-,40-,41+,43-,45-,46+;/m0./s1. The van der Waals surface area contributed by atoms with Gasteiger partial charge in [-0.15, -0.1) is 12.4 Å². The van der Waals surface area contributed by atoms with E-state index in [1.54, 1.807) is 4.90 Å². The molecule has 1 saturated heterocycles. The van der Waals surface area contributed by atoms with Crippen molar-refractivity contribution in [2.24, 2.45) is 11.7 Å². The first kappa shape index (κ1) is 48.1. The van der Waals surface area contributed by atoms with Crippen LogP contribution in [0.2, 0.25) is 0 Å². The van der Waals surface area contributed by atoms with Gasteiger partial charge < -0.3 is 40.7 Å². The molecule has 61 heavy (non-hydrogen) atoms. The Labute approximate surface area is 369 Å². The van der Waals surface area contributed by atoms with Crippen molar-refractivity contribution in [3.63, 3.8) is 0 Å². The molecule has 1 unspecified atom stereocenters. The normalized spacial score (nSPS) is 23.7. The summed E-state index contributed by atoms with van der Waals surface area (Å²) in [7, 11) is 0.797. The highest BCUT2D eigenvalue weighted by Crippen LogP contribution is 2.43. The largest absolute Gasteiger partial charge is 0.463 e. The number of rotatable bonds is 13. The average molecular weight is 880 g/mol. The Bertz CT molecular complexity index is 2320. The van der Waals surface area contributed by atoms with Crippen LogP contribution < -0.4 is 5.73 Å². The summed E-state index contributed by atoms with van der Waals surface area (Å²) in [5, 5.41) is 31.4. The smallest absolute Gasteiger partial charge is 0.323 e. The van der Waals surface area contributed by atoms with E-state index >= 15 is 0 Å². The number of aromatic nitrogens is 4. The number of nitrogens with two attached hydrogens (primary N) is 1. The monoisotopic (exact) mass is 878 g/mol. The second-order valence-corrected chi connectivity index (χ2v) is 20.1. The van der Waals surface area contributed by atoms with Crippen LogP contribution in [-0.4, -0.2) is 113 Å². The Morgan fingerprint density at radius 1 is 1.00 bits per heavy atom. The number of ether oxygens (including phenoxy) is 1. The lowest BCUT2D eigenvalue weighted by molar-refractivity contribution is -0.147. The summed E-state index contributed by atoms with van der Waals surface area (Å²) in [6, 6.07) is 7.82. The summed E-state index contributed by atoms with van der Waals surface area (Å²) in [4.78, 5) is 45.8. The second-order valence-electron chi connectivity index (χ2n) is 17.4.